The first-order chi connectivity index (χ1) is 10.5. The fourth-order valence-electron chi connectivity index (χ4n) is 1.58. The molecule has 1 aromatic heterocycles. The molecule has 0 unspecified atom stereocenters. The van der Waals surface area contributed by atoms with Crippen LogP contribution in [0.25, 0.3) is 0 Å². The SMILES string of the molecule is O=C(O)[C@H](CSc1nn[nH]n1)NS(=O)(=O)Cc1ccccc1. The smallest absolute Gasteiger partial charge is 0.322 e. The van der Waals surface area contributed by atoms with Crippen molar-refractivity contribution in [2.75, 3.05) is 5.75 Å². The molecule has 9 nitrogen and oxygen atoms in total. The van der Waals surface area contributed by atoms with E-state index in [1.165, 1.54) is 0 Å². The Morgan fingerprint density at radius 3 is 2.68 bits per heavy atom. The number of carbonyl (C=O) groups is 1. The van der Waals surface area contributed by atoms with E-state index < -0.39 is 22.0 Å². The number of hydrogen-bond acceptors (Lipinski definition) is 7. The number of thioether (sulfide) groups is 1. The number of carboxylic acid groups (broad SMARTS) is 1. The zero-order valence-corrected chi connectivity index (χ0v) is 12.8. The van der Waals surface area contributed by atoms with Gasteiger partial charge in [0.1, 0.15) is 6.04 Å². The van der Waals surface area contributed by atoms with Crippen molar-refractivity contribution in [2.24, 2.45) is 0 Å². The standard InChI is InChI=1S/C11H13N5O4S2/c17-10(18)9(6-21-11-12-15-16-13-11)14-22(19,20)7-8-4-2-1-3-5-8/h1-5,9,14H,6-7H2,(H,17,18)(H,12,13,15,16)/t9-/m0/s1. The molecule has 0 radical (unpaired) electrons. The van der Waals surface area contributed by atoms with Crippen LogP contribution in [0, 0.1) is 0 Å². The molecule has 0 fully saturated rings. The Morgan fingerprint density at radius 2 is 2.09 bits per heavy atom. The lowest BCUT2D eigenvalue weighted by molar-refractivity contribution is -0.138. The summed E-state index contributed by atoms with van der Waals surface area (Å²) in [6.45, 7) is 0. The van der Waals surface area contributed by atoms with E-state index in [9.17, 15) is 13.2 Å². The van der Waals surface area contributed by atoms with Gasteiger partial charge in [-0.2, -0.15) is 9.94 Å². The Hall–Kier alpha value is -1.98. The molecule has 0 saturated heterocycles. The van der Waals surface area contributed by atoms with Crippen molar-refractivity contribution in [3.8, 4) is 0 Å². The summed E-state index contributed by atoms with van der Waals surface area (Å²) in [6, 6.07) is 7.23. The zero-order chi connectivity index (χ0) is 16.0. The molecule has 11 heteroatoms. The van der Waals surface area contributed by atoms with E-state index in [0.29, 0.717) is 5.56 Å². The molecular weight excluding hydrogens is 330 g/mol. The van der Waals surface area contributed by atoms with Crippen molar-refractivity contribution in [1.82, 2.24) is 25.3 Å². The lowest BCUT2D eigenvalue weighted by Crippen LogP contribution is -2.43. The monoisotopic (exact) mass is 343 g/mol. The van der Waals surface area contributed by atoms with Crippen LogP contribution in [0.4, 0.5) is 0 Å². The number of aromatic nitrogens is 4. The van der Waals surface area contributed by atoms with Crippen LogP contribution in [0.2, 0.25) is 0 Å². The highest BCUT2D eigenvalue weighted by molar-refractivity contribution is 7.99. The van der Waals surface area contributed by atoms with Gasteiger partial charge in [-0.15, -0.1) is 10.2 Å². The maximum absolute atomic E-state index is 12.0. The first kappa shape index (κ1) is 16.4. The van der Waals surface area contributed by atoms with Crippen LogP contribution in [0.5, 0.6) is 0 Å². The highest BCUT2D eigenvalue weighted by Gasteiger charge is 2.25. The second-order valence-electron chi connectivity index (χ2n) is 4.26. The van der Waals surface area contributed by atoms with E-state index >= 15 is 0 Å². The van der Waals surface area contributed by atoms with Crippen LogP contribution in [-0.4, -0.2) is 51.9 Å². The van der Waals surface area contributed by atoms with Crippen molar-refractivity contribution in [1.29, 1.82) is 0 Å². The van der Waals surface area contributed by atoms with Gasteiger partial charge in [0, 0.05) is 5.75 Å². The second kappa shape index (κ2) is 7.33. The Morgan fingerprint density at radius 1 is 1.36 bits per heavy atom. The fraction of sp³-hybridized carbons (Fsp3) is 0.273. The third kappa shape index (κ3) is 5.09. The Balaban J connectivity index is 1.98. The molecule has 0 aliphatic carbocycles. The van der Waals surface area contributed by atoms with Gasteiger partial charge in [0.25, 0.3) is 0 Å². The summed E-state index contributed by atoms with van der Waals surface area (Å²) >= 11 is 0.987. The summed E-state index contributed by atoms with van der Waals surface area (Å²) in [5.74, 6) is -1.61. The quantitative estimate of drug-likeness (QED) is 0.563. The maximum atomic E-state index is 12.0. The molecule has 0 amide bonds. The fourth-order valence-corrected chi connectivity index (χ4v) is 3.76. The van der Waals surface area contributed by atoms with Gasteiger partial charge in [-0.25, -0.2) is 8.42 Å². The van der Waals surface area contributed by atoms with Crippen molar-refractivity contribution in [2.45, 2.75) is 17.0 Å². The van der Waals surface area contributed by atoms with E-state index in [1.54, 1.807) is 30.3 Å². The molecule has 2 rings (SSSR count). The van der Waals surface area contributed by atoms with Gasteiger partial charge in [0.05, 0.1) is 5.75 Å². The number of sulfonamides is 1. The van der Waals surface area contributed by atoms with Crippen molar-refractivity contribution >= 4 is 27.8 Å². The molecule has 1 atom stereocenters. The molecule has 0 spiro atoms. The molecule has 3 N–H and O–H groups in total. The molecule has 0 aliphatic heterocycles. The van der Waals surface area contributed by atoms with E-state index in [-0.39, 0.29) is 16.7 Å². The topological polar surface area (TPSA) is 138 Å². The number of nitrogens with zero attached hydrogens (tertiary/aromatic N) is 3. The first-order valence-electron chi connectivity index (χ1n) is 6.09. The molecule has 1 heterocycles. The molecule has 2 aromatic rings. The van der Waals surface area contributed by atoms with Gasteiger partial charge < -0.3 is 5.11 Å². The number of aliphatic carboxylic acids is 1. The lowest BCUT2D eigenvalue weighted by atomic mass is 10.2. The molecule has 22 heavy (non-hydrogen) atoms. The largest absolute Gasteiger partial charge is 0.480 e. The second-order valence-corrected chi connectivity index (χ2v) is 7.00. The minimum atomic E-state index is -3.78. The van der Waals surface area contributed by atoms with E-state index in [0.717, 1.165) is 11.8 Å². The third-order valence-electron chi connectivity index (χ3n) is 2.52. The van der Waals surface area contributed by atoms with Gasteiger partial charge in [-0.05, 0) is 10.8 Å². The summed E-state index contributed by atoms with van der Waals surface area (Å²) in [5.41, 5.74) is 0.574. The number of tetrazole rings is 1. The molecule has 1 aromatic carbocycles. The summed E-state index contributed by atoms with van der Waals surface area (Å²) in [6.07, 6.45) is 0. The van der Waals surface area contributed by atoms with Crippen LogP contribution in [0.1, 0.15) is 5.56 Å². The molecular formula is C11H13N5O4S2. The van der Waals surface area contributed by atoms with Gasteiger partial charge in [-0.1, -0.05) is 42.1 Å². The molecule has 0 bridgehead atoms. The number of carboxylic acids is 1. The number of benzene rings is 1. The van der Waals surface area contributed by atoms with Crippen LogP contribution in [0.15, 0.2) is 35.5 Å². The summed E-state index contributed by atoms with van der Waals surface area (Å²) in [4.78, 5) is 11.2. The number of rotatable bonds is 8. The van der Waals surface area contributed by atoms with Gasteiger partial charge in [0.2, 0.25) is 15.2 Å². The predicted molar refractivity (Wildman–Crippen MR) is 78.5 cm³/mol. The number of H-pyrrole nitrogens is 1. The average Bonchev–Trinajstić information content (AvgIpc) is 2.97. The summed E-state index contributed by atoms with van der Waals surface area (Å²) < 4.78 is 26.3. The van der Waals surface area contributed by atoms with Crippen molar-refractivity contribution in [3.63, 3.8) is 0 Å². The zero-order valence-electron chi connectivity index (χ0n) is 11.2. The first-order valence-corrected chi connectivity index (χ1v) is 8.73. The Labute approximate surface area is 130 Å². The number of aromatic amines is 1. The number of hydrogen-bond donors (Lipinski definition) is 3. The average molecular weight is 343 g/mol. The van der Waals surface area contributed by atoms with E-state index in [1.807, 2.05) is 0 Å². The Kier molecular flexibility index (Phi) is 5.46. The summed E-state index contributed by atoms with van der Waals surface area (Å²) in [7, 11) is -3.78. The van der Waals surface area contributed by atoms with Crippen LogP contribution in [0.3, 0.4) is 0 Å². The lowest BCUT2D eigenvalue weighted by Gasteiger charge is -2.13. The van der Waals surface area contributed by atoms with Gasteiger partial charge in [0.15, 0.2) is 0 Å². The predicted octanol–water partition coefficient (Wildman–Crippen LogP) is -0.135. The maximum Gasteiger partial charge on any atom is 0.322 e. The summed E-state index contributed by atoms with van der Waals surface area (Å²) in [5, 5.41) is 22.2. The molecule has 0 saturated carbocycles. The molecule has 0 aliphatic rings. The van der Waals surface area contributed by atoms with Crippen molar-refractivity contribution < 1.29 is 18.3 Å². The highest BCUT2D eigenvalue weighted by Crippen LogP contribution is 2.13. The van der Waals surface area contributed by atoms with Gasteiger partial charge >= 0.3 is 5.97 Å². The Bertz CT molecular complexity index is 705. The molecule has 118 valence electrons. The van der Waals surface area contributed by atoms with Crippen molar-refractivity contribution in [3.05, 3.63) is 35.9 Å². The van der Waals surface area contributed by atoms with E-state index in [4.69, 9.17) is 5.11 Å². The normalized spacial score (nSPS) is 12.9. The van der Waals surface area contributed by atoms with Crippen LogP contribution in [-0.2, 0) is 20.6 Å². The van der Waals surface area contributed by atoms with Crippen LogP contribution < -0.4 is 4.72 Å². The third-order valence-corrected chi connectivity index (χ3v) is 4.81. The minimum absolute atomic E-state index is 0.0527. The minimum Gasteiger partial charge on any atom is -0.480 e. The van der Waals surface area contributed by atoms with E-state index in [2.05, 4.69) is 25.3 Å². The highest BCUT2D eigenvalue weighted by atomic mass is 32.2. The number of nitrogens with one attached hydrogen (secondary N) is 2. The van der Waals surface area contributed by atoms with Crippen LogP contribution >= 0.6 is 11.8 Å². The van der Waals surface area contributed by atoms with Gasteiger partial charge in [-0.3, -0.25) is 4.79 Å².